The van der Waals surface area contributed by atoms with Crippen LogP contribution in [0.3, 0.4) is 0 Å². The fourth-order valence-electron chi connectivity index (χ4n) is 3.20. The van der Waals surface area contributed by atoms with Gasteiger partial charge in [-0.3, -0.25) is 4.79 Å². The third-order valence-corrected chi connectivity index (χ3v) is 4.59. The molecule has 1 saturated heterocycles. The summed E-state index contributed by atoms with van der Waals surface area (Å²) in [5, 5.41) is 2.95. The Morgan fingerprint density at radius 2 is 1.96 bits per heavy atom. The van der Waals surface area contributed by atoms with E-state index in [4.69, 9.17) is 4.74 Å². The molecule has 2 radical (unpaired) electrons. The first-order valence-electron chi connectivity index (χ1n) is 8.86. The Kier molecular flexibility index (Phi) is 5.54. The number of rotatable bonds is 4. The highest BCUT2D eigenvalue weighted by Gasteiger charge is 2.26. The lowest BCUT2D eigenvalue weighted by Crippen LogP contribution is -2.34. The van der Waals surface area contributed by atoms with E-state index in [0.29, 0.717) is 17.4 Å². The largest absolute Gasteiger partial charge is 0.377 e. The molecule has 3 rings (SSSR count). The van der Waals surface area contributed by atoms with Crippen LogP contribution in [0.1, 0.15) is 35.3 Å². The second-order valence-corrected chi connectivity index (χ2v) is 6.95. The lowest BCUT2D eigenvalue weighted by atomic mass is 9.87. The quantitative estimate of drug-likeness (QED) is 0.890. The number of carbonyl (C=O) groups is 1. The zero-order valence-corrected chi connectivity index (χ0v) is 15.1. The standard InChI is InChI=1S/C22H25NO2/c1-15-5-4-6-19(12-15)22(24)23-20-9-7-18(8-10-20)13-21-17(3)11-16(2)14-25-21/h4-10,12,16-17,21H,13-14H2,1-3H3,(H,23,24). The zero-order valence-electron chi connectivity index (χ0n) is 15.1. The van der Waals surface area contributed by atoms with Crippen LogP contribution in [0.5, 0.6) is 0 Å². The summed E-state index contributed by atoms with van der Waals surface area (Å²) in [4.78, 5) is 12.3. The van der Waals surface area contributed by atoms with Gasteiger partial charge in [-0.15, -0.1) is 0 Å². The monoisotopic (exact) mass is 335 g/mol. The van der Waals surface area contributed by atoms with Gasteiger partial charge in [0.1, 0.15) is 0 Å². The molecule has 3 unspecified atom stereocenters. The van der Waals surface area contributed by atoms with Gasteiger partial charge in [0.15, 0.2) is 0 Å². The minimum Gasteiger partial charge on any atom is -0.377 e. The average molecular weight is 335 g/mol. The van der Waals surface area contributed by atoms with E-state index in [1.165, 1.54) is 5.56 Å². The minimum absolute atomic E-state index is 0.0844. The van der Waals surface area contributed by atoms with Crippen LogP contribution < -0.4 is 5.32 Å². The first kappa shape index (κ1) is 17.7. The summed E-state index contributed by atoms with van der Waals surface area (Å²) < 4.78 is 5.94. The lowest BCUT2D eigenvalue weighted by molar-refractivity contribution is -0.0183. The predicted octanol–water partition coefficient (Wildman–Crippen LogP) is 4.54. The second kappa shape index (κ2) is 7.83. The molecule has 130 valence electrons. The third-order valence-electron chi connectivity index (χ3n) is 4.59. The van der Waals surface area contributed by atoms with Crippen molar-refractivity contribution >= 4 is 11.6 Å². The van der Waals surface area contributed by atoms with Gasteiger partial charge in [0, 0.05) is 11.3 Å². The summed E-state index contributed by atoms with van der Waals surface area (Å²) in [5.41, 5.74) is 3.77. The third kappa shape index (κ3) is 4.70. The zero-order chi connectivity index (χ0) is 17.8. The maximum Gasteiger partial charge on any atom is 0.255 e. The molecule has 2 aromatic rings. The van der Waals surface area contributed by atoms with E-state index < -0.39 is 0 Å². The highest BCUT2D eigenvalue weighted by Crippen LogP contribution is 2.26. The van der Waals surface area contributed by atoms with Gasteiger partial charge in [-0.1, -0.05) is 43.7 Å². The summed E-state index contributed by atoms with van der Waals surface area (Å²) in [7, 11) is 0. The summed E-state index contributed by atoms with van der Waals surface area (Å²) in [6.45, 7) is 7.03. The Bertz CT molecular complexity index is 723. The minimum atomic E-state index is -0.0844. The van der Waals surface area contributed by atoms with Crippen molar-refractivity contribution in [3.8, 4) is 0 Å². The first-order chi connectivity index (χ1) is 12.0. The summed E-state index contributed by atoms with van der Waals surface area (Å²) in [6, 6.07) is 15.6. The van der Waals surface area contributed by atoms with E-state index in [9.17, 15) is 4.79 Å². The van der Waals surface area contributed by atoms with E-state index in [1.807, 2.05) is 43.3 Å². The van der Waals surface area contributed by atoms with Crippen molar-refractivity contribution in [3.63, 3.8) is 0 Å². The van der Waals surface area contributed by atoms with Crippen LogP contribution in [0.2, 0.25) is 0 Å². The van der Waals surface area contributed by atoms with Crippen LogP contribution in [0.25, 0.3) is 0 Å². The van der Waals surface area contributed by atoms with Gasteiger partial charge >= 0.3 is 0 Å². The SMILES string of the molecule is Cc1cccc(C(=O)Nc2ccc(CC3OCC(C)[C]C3C)cc2)c1. The molecule has 1 amide bonds. The predicted molar refractivity (Wildman–Crippen MR) is 101 cm³/mol. The van der Waals surface area contributed by atoms with Gasteiger partial charge in [0.25, 0.3) is 5.91 Å². The summed E-state index contributed by atoms with van der Waals surface area (Å²) >= 11 is 0. The number of nitrogens with one attached hydrogen (secondary N) is 1. The van der Waals surface area contributed by atoms with Gasteiger partial charge in [-0.2, -0.15) is 0 Å². The van der Waals surface area contributed by atoms with Gasteiger partial charge in [0.05, 0.1) is 12.7 Å². The number of aryl methyl sites for hydroxylation is 1. The Balaban J connectivity index is 1.59. The highest BCUT2D eigenvalue weighted by atomic mass is 16.5. The fraction of sp³-hybridized carbons (Fsp3) is 0.364. The van der Waals surface area contributed by atoms with Gasteiger partial charge in [-0.25, -0.2) is 0 Å². The number of ether oxygens (including phenoxy) is 1. The van der Waals surface area contributed by atoms with Gasteiger partial charge in [0.2, 0.25) is 0 Å². The van der Waals surface area contributed by atoms with Crippen molar-refractivity contribution in [2.24, 2.45) is 11.8 Å². The molecule has 25 heavy (non-hydrogen) atoms. The van der Waals surface area contributed by atoms with E-state index in [2.05, 4.69) is 37.7 Å². The molecule has 0 bridgehead atoms. The maximum absolute atomic E-state index is 12.3. The van der Waals surface area contributed by atoms with Crippen molar-refractivity contribution < 1.29 is 9.53 Å². The number of amides is 1. The normalized spacial score (nSPS) is 23.2. The average Bonchev–Trinajstić information content (AvgIpc) is 2.59. The van der Waals surface area contributed by atoms with E-state index in [1.54, 1.807) is 0 Å². The Morgan fingerprint density at radius 3 is 2.64 bits per heavy atom. The van der Waals surface area contributed by atoms with Crippen LogP contribution in [-0.4, -0.2) is 18.6 Å². The first-order valence-corrected chi connectivity index (χ1v) is 8.86. The van der Waals surface area contributed by atoms with Crippen LogP contribution >= 0.6 is 0 Å². The Labute approximate surface area is 150 Å². The smallest absolute Gasteiger partial charge is 0.255 e. The van der Waals surface area contributed by atoms with Crippen molar-refractivity contribution in [1.29, 1.82) is 0 Å². The molecule has 2 aromatic carbocycles. The molecule has 0 aliphatic carbocycles. The molecule has 1 aliphatic heterocycles. The molecular weight excluding hydrogens is 310 g/mol. The van der Waals surface area contributed by atoms with Crippen LogP contribution in [0.15, 0.2) is 48.5 Å². The Morgan fingerprint density at radius 1 is 1.20 bits per heavy atom. The number of carbonyl (C=O) groups excluding carboxylic acids is 1. The Hall–Kier alpha value is -2.13. The molecule has 3 atom stereocenters. The molecule has 3 nitrogen and oxygen atoms in total. The van der Waals surface area contributed by atoms with E-state index in [0.717, 1.165) is 24.3 Å². The van der Waals surface area contributed by atoms with Crippen molar-refractivity contribution in [3.05, 3.63) is 71.6 Å². The van der Waals surface area contributed by atoms with Crippen molar-refractivity contribution in [2.75, 3.05) is 11.9 Å². The maximum atomic E-state index is 12.3. The van der Waals surface area contributed by atoms with Crippen LogP contribution in [-0.2, 0) is 11.2 Å². The topological polar surface area (TPSA) is 38.3 Å². The van der Waals surface area contributed by atoms with Crippen LogP contribution in [0, 0.1) is 25.2 Å². The fourth-order valence-corrected chi connectivity index (χ4v) is 3.20. The van der Waals surface area contributed by atoms with E-state index >= 15 is 0 Å². The van der Waals surface area contributed by atoms with Gasteiger partial charge < -0.3 is 10.1 Å². The molecule has 0 aromatic heterocycles. The second-order valence-electron chi connectivity index (χ2n) is 6.95. The van der Waals surface area contributed by atoms with Crippen molar-refractivity contribution in [1.82, 2.24) is 0 Å². The molecule has 1 aliphatic rings. The molecule has 0 spiro atoms. The lowest BCUT2D eigenvalue weighted by Gasteiger charge is -2.32. The number of benzene rings is 2. The molecule has 1 fully saturated rings. The van der Waals surface area contributed by atoms with Crippen LogP contribution in [0.4, 0.5) is 5.69 Å². The number of hydrogen-bond acceptors (Lipinski definition) is 2. The molecule has 0 saturated carbocycles. The number of hydrogen-bond donors (Lipinski definition) is 1. The van der Waals surface area contributed by atoms with Gasteiger partial charge in [-0.05, 0) is 61.4 Å². The number of anilines is 1. The van der Waals surface area contributed by atoms with E-state index in [-0.39, 0.29) is 12.0 Å². The molecule has 1 heterocycles. The summed E-state index contributed by atoms with van der Waals surface area (Å²) in [6.07, 6.45) is 4.58. The molecule has 3 heteroatoms. The van der Waals surface area contributed by atoms with Crippen molar-refractivity contribution in [2.45, 2.75) is 33.3 Å². The molecule has 1 N–H and O–H groups in total. The highest BCUT2D eigenvalue weighted by molar-refractivity contribution is 6.04. The summed E-state index contributed by atoms with van der Waals surface area (Å²) in [5.74, 6) is 0.661. The molecular formula is C22H25NO2.